The highest BCUT2D eigenvalue weighted by molar-refractivity contribution is 7.89. The number of benzene rings is 2. The lowest BCUT2D eigenvalue weighted by atomic mass is 9.92. The number of aryl methyl sites for hydroxylation is 2. The van der Waals surface area contributed by atoms with E-state index in [9.17, 15) is 22.4 Å². The van der Waals surface area contributed by atoms with Gasteiger partial charge in [-0.15, -0.1) is 0 Å². The van der Waals surface area contributed by atoms with Crippen LogP contribution < -0.4 is 10.0 Å². The Labute approximate surface area is 168 Å². The number of halogens is 1. The number of rotatable bonds is 7. The topological polar surface area (TPSA) is 102 Å². The molecule has 154 valence electrons. The molecule has 2 aromatic carbocycles. The lowest BCUT2D eigenvalue weighted by Gasteiger charge is -2.16. The molecule has 1 aliphatic carbocycles. The summed E-state index contributed by atoms with van der Waals surface area (Å²) in [6.45, 7) is -1.18. The number of carbonyl (C=O) groups is 2. The molecule has 0 atom stereocenters. The lowest BCUT2D eigenvalue weighted by molar-refractivity contribution is -0.146. The van der Waals surface area contributed by atoms with Crippen molar-refractivity contribution in [3.8, 4) is 0 Å². The molecule has 9 heteroatoms. The summed E-state index contributed by atoms with van der Waals surface area (Å²) in [7, 11) is -3.87. The van der Waals surface area contributed by atoms with Crippen molar-refractivity contribution in [3.05, 3.63) is 59.4 Å². The van der Waals surface area contributed by atoms with E-state index in [1.165, 1.54) is 30.3 Å². The first-order valence-corrected chi connectivity index (χ1v) is 10.6. The summed E-state index contributed by atoms with van der Waals surface area (Å²) in [6, 6.07) is 10.0. The van der Waals surface area contributed by atoms with Crippen molar-refractivity contribution in [1.82, 2.24) is 4.72 Å². The maximum absolute atomic E-state index is 12.8. The molecule has 29 heavy (non-hydrogen) atoms. The molecule has 2 aromatic rings. The smallest absolute Gasteiger partial charge is 0.321 e. The SMILES string of the molecule is O=C(COC(=O)CNS(=O)(=O)c1ccc2c(c1)CCCC2)Nc1ccc(F)cc1. The Bertz CT molecular complexity index is 1010. The standard InChI is InChI=1S/C20H21FN2O5S/c21-16-6-8-17(9-7-16)23-19(24)13-28-20(25)12-22-29(26,27)18-10-5-14-3-1-2-4-15(14)11-18/h5-11,22H,1-4,12-13H2,(H,23,24). The van der Waals surface area contributed by atoms with Gasteiger partial charge in [0.1, 0.15) is 12.4 Å². The Hall–Kier alpha value is -2.78. The number of amides is 1. The van der Waals surface area contributed by atoms with Crippen LogP contribution in [0.4, 0.5) is 10.1 Å². The molecule has 0 bridgehead atoms. The van der Waals surface area contributed by atoms with E-state index in [0.29, 0.717) is 5.69 Å². The molecule has 0 aliphatic heterocycles. The highest BCUT2D eigenvalue weighted by Gasteiger charge is 2.19. The van der Waals surface area contributed by atoms with Crippen LogP contribution in [0.3, 0.4) is 0 Å². The van der Waals surface area contributed by atoms with E-state index in [0.717, 1.165) is 36.8 Å². The third-order valence-corrected chi connectivity index (χ3v) is 5.93. The molecule has 7 nitrogen and oxygen atoms in total. The molecule has 0 radical (unpaired) electrons. The number of hydrogen-bond donors (Lipinski definition) is 2. The predicted octanol–water partition coefficient (Wildman–Crippen LogP) is 2.16. The van der Waals surface area contributed by atoms with Crippen molar-refractivity contribution in [2.24, 2.45) is 0 Å². The van der Waals surface area contributed by atoms with Gasteiger partial charge in [0, 0.05) is 5.69 Å². The van der Waals surface area contributed by atoms with E-state index in [1.54, 1.807) is 12.1 Å². The van der Waals surface area contributed by atoms with Crippen LogP contribution in [-0.2, 0) is 37.2 Å². The minimum atomic E-state index is -3.87. The number of sulfonamides is 1. The second kappa shape index (κ2) is 9.15. The number of fused-ring (bicyclic) bond motifs is 1. The number of carbonyl (C=O) groups excluding carboxylic acids is 2. The summed E-state index contributed by atoms with van der Waals surface area (Å²) in [4.78, 5) is 23.6. The van der Waals surface area contributed by atoms with Crippen LogP contribution in [0.1, 0.15) is 24.0 Å². The van der Waals surface area contributed by atoms with Gasteiger partial charge in [0.25, 0.3) is 5.91 Å². The van der Waals surface area contributed by atoms with Gasteiger partial charge in [-0.2, -0.15) is 4.72 Å². The van der Waals surface area contributed by atoms with Crippen LogP contribution in [0.5, 0.6) is 0 Å². The Balaban J connectivity index is 1.48. The molecule has 0 heterocycles. The molecular formula is C20H21FN2O5S. The van der Waals surface area contributed by atoms with Crippen molar-refractivity contribution >= 4 is 27.6 Å². The fraction of sp³-hybridized carbons (Fsp3) is 0.300. The third kappa shape index (κ3) is 5.85. The summed E-state index contributed by atoms with van der Waals surface area (Å²) >= 11 is 0. The summed E-state index contributed by atoms with van der Waals surface area (Å²) in [6.07, 6.45) is 3.90. The molecule has 0 saturated carbocycles. The zero-order valence-electron chi connectivity index (χ0n) is 15.6. The van der Waals surface area contributed by atoms with Gasteiger partial charge in [-0.1, -0.05) is 6.07 Å². The Kier molecular flexibility index (Phi) is 6.60. The minimum Gasteiger partial charge on any atom is -0.455 e. The van der Waals surface area contributed by atoms with Crippen LogP contribution >= 0.6 is 0 Å². The first-order chi connectivity index (χ1) is 13.8. The average Bonchev–Trinajstić information content (AvgIpc) is 2.72. The van der Waals surface area contributed by atoms with Gasteiger partial charge in [-0.05, 0) is 73.2 Å². The number of hydrogen-bond acceptors (Lipinski definition) is 5. The zero-order chi connectivity index (χ0) is 20.9. The van der Waals surface area contributed by atoms with E-state index >= 15 is 0 Å². The summed E-state index contributed by atoms with van der Waals surface area (Å²) < 4.78 is 44.6. The van der Waals surface area contributed by atoms with Crippen molar-refractivity contribution < 1.29 is 27.1 Å². The fourth-order valence-corrected chi connectivity index (χ4v) is 4.06. The molecule has 0 spiro atoms. The highest BCUT2D eigenvalue weighted by Crippen LogP contribution is 2.24. The molecule has 2 N–H and O–H groups in total. The average molecular weight is 420 g/mol. The first-order valence-electron chi connectivity index (χ1n) is 9.16. The Morgan fingerprint density at radius 3 is 2.41 bits per heavy atom. The van der Waals surface area contributed by atoms with Gasteiger partial charge >= 0.3 is 5.97 Å². The van der Waals surface area contributed by atoms with Crippen LogP contribution in [-0.4, -0.2) is 33.4 Å². The zero-order valence-corrected chi connectivity index (χ0v) is 16.4. The van der Waals surface area contributed by atoms with E-state index in [1.807, 2.05) is 0 Å². The van der Waals surface area contributed by atoms with Crippen LogP contribution in [0.15, 0.2) is 47.4 Å². The minimum absolute atomic E-state index is 0.0972. The third-order valence-electron chi connectivity index (χ3n) is 4.53. The van der Waals surface area contributed by atoms with Crippen molar-refractivity contribution in [1.29, 1.82) is 0 Å². The Morgan fingerprint density at radius 1 is 1.00 bits per heavy atom. The van der Waals surface area contributed by atoms with Crippen molar-refractivity contribution in [3.63, 3.8) is 0 Å². The van der Waals surface area contributed by atoms with Crippen LogP contribution in [0.2, 0.25) is 0 Å². The highest BCUT2D eigenvalue weighted by atomic mass is 32.2. The molecule has 0 aromatic heterocycles. The monoisotopic (exact) mass is 420 g/mol. The summed E-state index contributed by atoms with van der Waals surface area (Å²) in [5.41, 5.74) is 2.52. The summed E-state index contributed by atoms with van der Waals surface area (Å²) in [5.74, 6) is -1.95. The molecule has 3 rings (SSSR count). The van der Waals surface area contributed by atoms with Gasteiger partial charge in [-0.25, -0.2) is 12.8 Å². The van der Waals surface area contributed by atoms with Gasteiger partial charge in [0.05, 0.1) is 4.90 Å². The van der Waals surface area contributed by atoms with E-state index < -0.39 is 40.9 Å². The van der Waals surface area contributed by atoms with Gasteiger partial charge in [0.15, 0.2) is 6.61 Å². The maximum atomic E-state index is 12.8. The van der Waals surface area contributed by atoms with Crippen molar-refractivity contribution in [2.75, 3.05) is 18.5 Å². The van der Waals surface area contributed by atoms with Crippen LogP contribution in [0, 0.1) is 5.82 Å². The maximum Gasteiger partial charge on any atom is 0.321 e. The number of anilines is 1. The fourth-order valence-electron chi connectivity index (χ4n) is 3.04. The normalized spacial score (nSPS) is 13.4. The van der Waals surface area contributed by atoms with E-state index in [-0.39, 0.29) is 4.90 Å². The molecule has 0 fully saturated rings. The first kappa shape index (κ1) is 20.9. The van der Waals surface area contributed by atoms with E-state index in [4.69, 9.17) is 4.74 Å². The second-order valence-corrected chi connectivity index (χ2v) is 8.44. The molecule has 1 aliphatic rings. The molecular weight excluding hydrogens is 399 g/mol. The molecule has 0 unspecified atom stereocenters. The van der Waals surface area contributed by atoms with Crippen LogP contribution in [0.25, 0.3) is 0 Å². The molecule has 1 amide bonds. The van der Waals surface area contributed by atoms with Gasteiger partial charge in [-0.3, -0.25) is 9.59 Å². The number of nitrogens with one attached hydrogen (secondary N) is 2. The number of ether oxygens (including phenoxy) is 1. The second-order valence-electron chi connectivity index (χ2n) is 6.68. The molecule has 0 saturated heterocycles. The quantitative estimate of drug-likeness (QED) is 0.669. The van der Waals surface area contributed by atoms with Gasteiger partial charge in [0.2, 0.25) is 10.0 Å². The van der Waals surface area contributed by atoms with Gasteiger partial charge < -0.3 is 10.1 Å². The van der Waals surface area contributed by atoms with Crippen molar-refractivity contribution in [2.45, 2.75) is 30.6 Å². The number of esters is 1. The largest absolute Gasteiger partial charge is 0.455 e. The summed E-state index contributed by atoms with van der Waals surface area (Å²) in [5, 5.41) is 2.43. The predicted molar refractivity (Wildman–Crippen MR) is 104 cm³/mol. The lowest BCUT2D eigenvalue weighted by Crippen LogP contribution is -2.32. The Morgan fingerprint density at radius 2 is 1.69 bits per heavy atom. The van der Waals surface area contributed by atoms with E-state index in [2.05, 4.69) is 10.0 Å².